The zero-order chi connectivity index (χ0) is 26.0. The molecule has 0 spiro atoms. The van der Waals surface area contributed by atoms with Crippen molar-refractivity contribution in [3.8, 4) is 17.0 Å². The first-order chi connectivity index (χ1) is 17.2. The first kappa shape index (κ1) is 24.6. The van der Waals surface area contributed by atoms with Crippen LogP contribution in [0.25, 0.3) is 27.9 Å². The Bertz CT molecular complexity index is 1430. The lowest BCUT2D eigenvalue weighted by Crippen LogP contribution is -2.24. The molecule has 3 heterocycles. The molecule has 0 aliphatic carbocycles. The van der Waals surface area contributed by atoms with Gasteiger partial charge in [-0.1, -0.05) is 6.07 Å². The smallest absolute Gasteiger partial charge is 0.419 e. The number of nitrogens with zero attached hydrogens (tertiary/aromatic N) is 5. The van der Waals surface area contributed by atoms with E-state index >= 15 is 0 Å². The fourth-order valence-corrected chi connectivity index (χ4v) is 3.90. The number of ether oxygens (including phenoxy) is 2. The van der Waals surface area contributed by atoms with Crippen molar-refractivity contribution >= 4 is 34.2 Å². The molecular formula is C25H30N8O3. The van der Waals surface area contributed by atoms with Gasteiger partial charge in [0, 0.05) is 55.3 Å². The van der Waals surface area contributed by atoms with Crippen LogP contribution >= 0.6 is 0 Å². The van der Waals surface area contributed by atoms with Gasteiger partial charge in [-0.2, -0.15) is 5.10 Å². The van der Waals surface area contributed by atoms with Gasteiger partial charge in [0.15, 0.2) is 0 Å². The van der Waals surface area contributed by atoms with Gasteiger partial charge in [0.1, 0.15) is 11.6 Å². The van der Waals surface area contributed by atoms with Crippen molar-refractivity contribution in [2.45, 2.75) is 20.0 Å². The minimum Gasteiger partial charge on any atom is -0.495 e. The van der Waals surface area contributed by atoms with Crippen molar-refractivity contribution in [3.63, 3.8) is 0 Å². The lowest BCUT2D eigenvalue weighted by atomic mass is 10.1. The zero-order valence-corrected chi connectivity index (χ0v) is 20.9. The van der Waals surface area contributed by atoms with E-state index in [1.165, 1.54) is 15.8 Å². The fraction of sp³-hybridized carbons (Fsp3) is 0.240. The number of pyridine rings is 1. The van der Waals surface area contributed by atoms with E-state index in [0.717, 1.165) is 16.5 Å². The topological polar surface area (TPSA) is 138 Å². The zero-order valence-electron chi connectivity index (χ0n) is 20.9. The summed E-state index contributed by atoms with van der Waals surface area (Å²) >= 11 is 0. The van der Waals surface area contributed by atoms with E-state index < -0.39 is 6.09 Å². The predicted molar refractivity (Wildman–Crippen MR) is 139 cm³/mol. The van der Waals surface area contributed by atoms with E-state index in [4.69, 9.17) is 21.1 Å². The highest BCUT2D eigenvalue weighted by Crippen LogP contribution is 2.33. The first-order valence-electron chi connectivity index (χ1n) is 11.3. The van der Waals surface area contributed by atoms with Crippen molar-refractivity contribution in [1.29, 1.82) is 0 Å². The lowest BCUT2D eigenvalue weighted by Gasteiger charge is -2.18. The van der Waals surface area contributed by atoms with Gasteiger partial charge in [-0.3, -0.25) is 4.68 Å². The number of methoxy groups -OCH3 is 1. The number of nitrogens with one attached hydrogen (secondary N) is 1. The SMILES string of the molecule is COc1cc(/C(=C/N)N(C)N)ccc1Nc1cc2c(cn1)cc(-c1cnn(C)c1)n2C(=O)OC(C)C. The van der Waals surface area contributed by atoms with Gasteiger partial charge in [0.05, 0.1) is 42.0 Å². The van der Waals surface area contributed by atoms with E-state index in [2.05, 4.69) is 15.4 Å². The number of carbonyl (C=O) groups excluding carboxylic acids is 1. The number of nitrogens with two attached hydrogens (primary N) is 2. The van der Waals surface area contributed by atoms with Crippen molar-refractivity contribution in [1.82, 2.24) is 24.3 Å². The van der Waals surface area contributed by atoms with Crippen LogP contribution in [0.2, 0.25) is 0 Å². The summed E-state index contributed by atoms with van der Waals surface area (Å²) in [7, 11) is 5.10. The van der Waals surface area contributed by atoms with Crippen LogP contribution in [0.3, 0.4) is 0 Å². The van der Waals surface area contributed by atoms with Crippen LogP contribution in [0.1, 0.15) is 19.4 Å². The number of aromatic nitrogens is 4. The fourth-order valence-electron chi connectivity index (χ4n) is 3.90. The second-order valence-electron chi connectivity index (χ2n) is 8.53. The summed E-state index contributed by atoms with van der Waals surface area (Å²) in [6.07, 6.45) is 5.92. The molecule has 0 aliphatic heterocycles. The van der Waals surface area contributed by atoms with Gasteiger partial charge >= 0.3 is 6.09 Å². The van der Waals surface area contributed by atoms with E-state index in [0.29, 0.717) is 34.2 Å². The number of benzene rings is 1. The molecule has 0 bridgehead atoms. The number of rotatable bonds is 7. The lowest BCUT2D eigenvalue weighted by molar-refractivity contribution is 0.118. The summed E-state index contributed by atoms with van der Waals surface area (Å²) in [5, 5.41) is 9.73. The number of anilines is 2. The molecule has 1 aromatic carbocycles. The van der Waals surface area contributed by atoms with E-state index in [1.807, 2.05) is 51.4 Å². The molecule has 0 fully saturated rings. The van der Waals surface area contributed by atoms with Crippen LogP contribution < -0.4 is 21.6 Å². The highest BCUT2D eigenvalue weighted by atomic mass is 16.6. The molecule has 0 saturated carbocycles. The van der Waals surface area contributed by atoms with Gasteiger partial charge in [-0.25, -0.2) is 20.2 Å². The van der Waals surface area contributed by atoms with Gasteiger partial charge in [0.2, 0.25) is 0 Å². The van der Waals surface area contributed by atoms with Gasteiger partial charge in [-0.05, 0) is 32.0 Å². The Morgan fingerprint density at radius 1 is 1.22 bits per heavy atom. The molecule has 4 aromatic rings. The second-order valence-corrected chi connectivity index (χ2v) is 8.53. The highest BCUT2D eigenvalue weighted by Gasteiger charge is 2.21. The number of carbonyl (C=O) groups is 1. The summed E-state index contributed by atoms with van der Waals surface area (Å²) in [6.45, 7) is 3.62. The number of fused-ring (bicyclic) bond motifs is 1. The third-order valence-corrected chi connectivity index (χ3v) is 5.50. The maximum atomic E-state index is 13.1. The summed E-state index contributed by atoms with van der Waals surface area (Å²) in [5.41, 5.74) is 9.94. The standard InChI is InChI=1S/C25H30N8O3/c1-15(2)36-25(34)33-20(18-13-29-31(3)14-18)8-17-12-28-24(10-21(17)33)30-19-7-6-16(9-23(19)35-5)22(11-26)32(4)27/h6-15H,26-27H2,1-5H3,(H,28,30)/b22-11-. The predicted octanol–water partition coefficient (Wildman–Crippen LogP) is 3.64. The monoisotopic (exact) mass is 490 g/mol. The maximum Gasteiger partial charge on any atom is 0.419 e. The quantitative estimate of drug-likeness (QED) is 0.262. The largest absolute Gasteiger partial charge is 0.495 e. The molecule has 3 aromatic heterocycles. The van der Waals surface area contributed by atoms with Crippen molar-refractivity contribution in [3.05, 3.63) is 60.7 Å². The molecule has 0 aliphatic rings. The second kappa shape index (κ2) is 10.0. The van der Waals surface area contributed by atoms with Crippen molar-refractivity contribution in [2.24, 2.45) is 18.6 Å². The average molecular weight is 491 g/mol. The number of aryl methyl sites for hydroxylation is 1. The van der Waals surface area contributed by atoms with Gasteiger partial charge in [0.25, 0.3) is 0 Å². The Balaban J connectivity index is 1.76. The van der Waals surface area contributed by atoms with Crippen LogP contribution in [0.5, 0.6) is 5.75 Å². The maximum absolute atomic E-state index is 13.1. The van der Waals surface area contributed by atoms with Crippen molar-refractivity contribution in [2.75, 3.05) is 19.5 Å². The third kappa shape index (κ3) is 4.82. The summed E-state index contributed by atoms with van der Waals surface area (Å²) in [6, 6.07) is 9.23. The molecule has 188 valence electrons. The van der Waals surface area contributed by atoms with Crippen LogP contribution in [-0.2, 0) is 11.8 Å². The summed E-state index contributed by atoms with van der Waals surface area (Å²) in [5.74, 6) is 6.96. The van der Waals surface area contributed by atoms with Crippen molar-refractivity contribution < 1.29 is 14.3 Å². The molecule has 0 radical (unpaired) electrons. The average Bonchev–Trinajstić information content (AvgIpc) is 3.42. The van der Waals surface area contributed by atoms with E-state index in [1.54, 1.807) is 37.3 Å². The first-order valence-corrected chi connectivity index (χ1v) is 11.3. The van der Waals surface area contributed by atoms with Crippen LogP contribution in [0.15, 0.2) is 55.1 Å². The van der Waals surface area contributed by atoms with Crippen LogP contribution in [0, 0.1) is 0 Å². The molecule has 5 N–H and O–H groups in total. The molecule has 11 heteroatoms. The van der Waals surface area contributed by atoms with Crippen LogP contribution in [-0.4, -0.2) is 50.7 Å². The van der Waals surface area contributed by atoms with E-state index in [-0.39, 0.29) is 6.10 Å². The molecule has 4 rings (SSSR count). The van der Waals surface area contributed by atoms with Gasteiger partial charge < -0.3 is 25.5 Å². The Labute approximate surface area is 208 Å². The number of hydrogen-bond donors (Lipinski definition) is 3. The molecular weight excluding hydrogens is 460 g/mol. The number of hydrazine groups is 1. The highest BCUT2D eigenvalue weighted by molar-refractivity contribution is 5.97. The van der Waals surface area contributed by atoms with Gasteiger partial charge in [-0.15, -0.1) is 0 Å². The summed E-state index contributed by atoms with van der Waals surface area (Å²) in [4.78, 5) is 17.6. The minimum atomic E-state index is -0.482. The third-order valence-electron chi connectivity index (χ3n) is 5.50. The molecule has 11 nitrogen and oxygen atoms in total. The minimum absolute atomic E-state index is 0.279. The Morgan fingerprint density at radius 2 is 2.00 bits per heavy atom. The Hall–Kier alpha value is -4.51. The molecule has 0 atom stereocenters. The molecule has 0 unspecified atom stereocenters. The summed E-state index contributed by atoms with van der Waals surface area (Å²) < 4.78 is 14.3. The molecule has 0 amide bonds. The molecule has 36 heavy (non-hydrogen) atoms. The Kier molecular flexibility index (Phi) is 6.84. The Morgan fingerprint density at radius 3 is 2.61 bits per heavy atom. The number of hydrogen-bond acceptors (Lipinski definition) is 9. The van der Waals surface area contributed by atoms with Crippen LogP contribution in [0.4, 0.5) is 16.3 Å². The van der Waals surface area contributed by atoms with E-state index in [9.17, 15) is 4.79 Å². The normalized spacial score (nSPS) is 11.7. The molecule has 0 saturated heterocycles.